The summed E-state index contributed by atoms with van der Waals surface area (Å²) in [4.78, 5) is 0. The van der Waals surface area contributed by atoms with Gasteiger partial charge >= 0.3 is 0 Å². The molecule has 0 bridgehead atoms. The van der Waals surface area contributed by atoms with Gasteiger partial charge in [-0.25, -0.2) is 0 Å². The van der Waals surface area contributed by atoms with Crippen LogP contribution in [0.2, 0.25) is 0 Å². The van der Waals surface area contributed by atoms with Gasteiger partial charge < -0.3 is 5.73 Å². The molecule has 0 aromatic heterocycles. The molecule has 0 atom stereocenters. The number of nitrogens with zero attached hydrogens (tertiary/aromatic N) is 2. The zero-order chi connectivity index (χ0) is 14.0. The van der Waals surface area contributed by atoms with Gasteiger partial charge in [0.15, 0.2) is 0 Å². The lowest BCUT2D eigenvalue weighted by Gasteiger charge is -2.44. The molecule has 18 heavy (non-hydrogen) atoms. The van der Waals surface area contributed by atoms with Crippen molar-refractivity contribution in [2.45, 2.75) is 57.5 Å². The van der Waals surface area contributed by atoms with Gasteiger partial charge in [0.25, 0.3) is 10.2 Å². The molecule has 0 unspecified atom stereocenters. The minimum atomic E-state index is -3.42. The number of hydrogen-bond donors (Lipinski definition) is 1. The van der Waals surface area contributed by atoms with Crippen molar-refractivity contribution in [1.82, 2.24) is 8.61 Å². The Bertz CT molecular complexity index is 362. The predicted molar refractivity (Wildman–Crippen MR) is 74.5 cm³/mol. The lowest BCUT2D eigenvalue weighted by Crippen LogP contribution is -2.58. The number of hydrogen-bond acceptors (Lipinski definition) is 3. The summed E-state index contributed by atoms with van der Waals surface area (Å²) in [5.74, 6) is 0. The molecule has 2 N–H and O–H groups in total. The Labute approximate surface area is 112 Å². The molecular weight excluding hydrogens is 250 g/mol. The Morgan fingerprint density at radius 2 is 1.67 bits per heavy atom. The third kappa shape index (κ3) is 2.87. The summed E-state index contributed by atoms with van der Waals surface area (Å²) in [6.07, 6.45) is 5.02. The largest absolute Gasteiger partial charge is 0.329 e. The van der Waals surface area contributed by atoms with Gasteiger partial charge in [-0.05, 0) is 26.7 Å². The Kier molecular flexibility index (Phi) is 5.17. The third-order valence-electron chi connectivity index (χ3n) is 4.27. The maximum absolute atomic E-state index is 12.5. The van der Waals surface area contributed by atoms with Gasteiger partial charge in [0.1, 0.15) is 0 Å². The Hall–Kier alpha value is -0.170. The second-order valence-electron chi connectivity index (χ2n) is 5.57. The van der Waals surface area contributed by atoms with Crippen LogP contribution in [0.4, 0.5) is 0 Å². The molecule has 108 valence electrons. The fourth-order valence-corrected chi connectivity index (χ4v) is 4.23. The Morgan fingerprint density at radius 1 is 1.17 bits per heavy atom. The third-order valence-corrected chi connectivity index (χ3v) is 6.50. The van der Waals surface area contributed by atoms with Crippen LogP contribution in [0.3, 0.4) is 0 Å². The van der Waals surface area contributed by atoms with Crippen LogP contribution >= 0.6 is 0 Å². The van der Waals surface area contributed by atoms with Gasteiger partial charge in [-0.3, -0.25) is 0 Å². The van der Waals surface area contributed by atoms with E-state index in [1.807, 2.05) is 13.8 Å². The van der Waals surface area contributed by atoms with Gasteiger partial charge in [0.2, 0.25) is 0 Å². The highest BCUT2D eigenvalue weighted by Gasteiger charge is 2.42. The van der Waals surface area contributed by atoms with Gasteiger partial charge in [-0.2, -0.15) is 17.0 Å². The van der Waals surface area contributed by atoms with Crippen molar-refractivity contribution in [2.75, 3.05) is 20.6 Å². The molecule has 0 radical (unpaired) electrons. The van der Waals surface area contributed by atoms with Crippen molar-refractivity contribution in [2.24, 2.45) is 5.73 Å². The summed E-state index contributed by atoms with van der Waals surface area (Å²) in [6.45, 7) is 4.15. The molecule has 0 amide bonds. The second-order valence-corrected chi connectivity index (χ2v) is 7.59. The molecular formula is C12H27N3O2S. The Morgan fingerprint density at radius 3 is 2.06 bits per heavy atom. The average molecular weight is 277 g/mol. The van der Waals surface area contributed by atoms with E-state index >= 15 is 0 Å². The normalized spacial score (nSPS) is 20.9. The summed E-state index contributed by atoms with van der Waals surface area (Å²) >= 11 is 0. The Balaban J connectivity index is 2.99. The summed E-state index contributed by atoms with van der Waals surface area (Å²) in [6, 6.07) is -0.0455. The topological polar surface area (TPSA) is 66.6 Å². The van der Waals surface area contributed by atoms with E-state index in [1.165, 1.54) is 15.0 Å². The molecule has 1 fully saturated rings. The maximum Gasteiger partial charge on any atom is 0.282 e. The van der Waals surface area contributed by atoms with Crippen molar-refractivity contribution >= 4 is 10.2 Å². The van der Waals surface area contributed by atoms with Gasteiger partial charge in [-0.1, -0.05) is 19.3 Å². The predicted octanol–water partition coefficient (Wildman–Crippen LogP) is 1.16. The second kappa shape index (κ2) is 5.86. The number of likely N-dealkylation sites (N-methyl/N-ethyl adjacent to an activating group) is 1. The van der Waals surface area contributed by atoms with E-state index in [0.29, 0.717) is 6.54 Å². The highest BCUT2D eigenvalue weighted by Crippen LogP contribution is 2.34. The van der Waals surface area contributed by atoms with Crippen LogP contribution < -0.4 is 5.73 Å². The fraction of sp³-hybridized carbons (Fsp3) is 1.00. The van der Waals surface area contributed by atoms with E-state index in [4.69, 9.17) is 5.73 Å². The van der Waals surface area contributed by atoms with Crippen molar-refractivity contribution in [3.05, 3.63) is 0 Å². The van der Waals surface area contributed by atoms with Crippen molar-refractivity contribution in [3.63, 3.8) is 0 Å². The molecule has 0 saturated heterocycles. The first-order chi connectivity index (χ1) is 8.28. The van der Waals surface area contributed by atoms with Crippen LogP contribution in [0.15, 0.2) is 0 Å². The molecule has 1 aliphatic carbocycles. The molecule has 5 nitrogen and oxygen atoms in total. The quantitative estimate of drug-likeness (QED) is 0.820. The smallest absolute Gasteiger partial charge is 0.282 e. The molecule has 0 heterocycles. The lowest BCUT2D eigenvalue weighted by molar-refractivity contribution is 0.149. The first-order valence-electron chi connectivity index (χ1n) is 6.70. The van der Waals surface area contributed by atoms with E-state index in [2.05, 4.69) is 0 Å². The molecule has 1 saturated carbocycles. The molecule has 1 rings (SSSR count). The minimum absolute atomic E-state index is 0.0455. The van der Waals surface area contributed by atoms with Crippen LogP contribution in [-0.4, -0.2) is 49.2 Å². The minimum Gasteiger partial charge on any atom is -0.329 e. The summed E-state index contributed by atoms with van der Waals surface area (Å²) in [5.41, 5.74) is 5.50. The zero-order valence-electron chi connectivity index (χ0n) is 12.0. The molecule has 0 aromatic carbocycles. The van der Waals surface area contributed by atoms with Crippen LogP contribution in [0, 0.1) is 0 Å². The van der Waals surface area contributed by atoms with Crippen LogP contribution in [0.25, 0.3) is 0 Å². The highest BCUT2D eigenvalue weighted by molar-refractivity contribution is 7.86. The fourth-order valence-electron chi connectivity index (χ4n) is 2.56. The first-order valence-corrected chi connectivity index (χ1v) is 8.10. The molecule has 0 spiro atoms. The molecule has 0 aliphatic heterocycles. The summed E-state index contributed by atoms with van der Waals surface area (Å²) < 4.78 is 28.0. The maximum atomic E-state index is 12.5. The average Bonchev–Trinajstić information content (AvgIpc) is 2.37. The van der Waals surface area contributed by atoms with Crippen LogP contribution in [0.5, 0.6) is 0 Å². The van der Waals surface area contributed by atoms with Crippen LogP contribution in [-0.2, 0) is 10.2 Å². The first kappa shape index (κ1) is 15.9. The highest BCUT2D eigenvalue weighted by atomic mass is 32.2. The zero-order valence-corrected chi connectivity index (χ0v) is 12.8. The summed E-state index contributed by atoms with van der Waals surface area (Å²) in [5, 5.41) is 0. The van der Waals surface area contributed by atoms with Crippen molar-refractivity contribution in [3.8, 4) is 0 Å². The monoisotopic (exact) mass is 277 g/mol. The van der Waals surface area contributed by atoms with Gasteiger partial charge in [0, 0.05) is 32.2 Å². The van der Waals surface area contributed by atoms with E-state index in [1.54, 1.807) is 14.1 Å². The van der Waals surface area contributed by atoms with E-state index in [-0.39, 0.29) is 11.6 Å². The molecule has 1 aliphatic rings. The van der Waals surface area contributed by atoms with Crippen molar-refractivity contribution < 1.29 is 8.42 Å². The number of rotatable bonds is 5. The van der Waals surface area contributed by atoms with Gasteiger partial charge in [-0.15, -0.1) is 0 Å². The summed E-state index contributed by atoms with van der Waals surface area (Å²) in [7, 11) is -0.120. The van der Waals surface area contributed by atoms with E-state index in [9.17, 15) is 8.42 Å². The lowest BCUT2D eigenvalue weighted by atomic mass is 9.82. The standard InChI is InChI=1S/C12H27N3O2S/c1-11(2)14(3)18(16,17)15(4)12(10-13)8-6-5-7-9-12/h11H,5-10,13H2,1-4H3. The number of nitrogens with two attached hydrogens (primary N) is 1. The van der Waals surface area contributed by atoms with Crippen molar-refractivity contribution in [1.29, 1.82) is 0 Å². The van der Waals surface area contributed by atoms with E-state index < -0.39 is 10.2 Å². The van der Waals surface area contributed by atoms with Crippen LogP contribution in [0.1, 0.15) is 46.0 Å². The SMILES string of the molecule is CC(C)N(C)S(=O)(=O)N(C)C1(CN)CCCCC1. The molecule has 6 heteroatoms. The van der Waals surface area contributed by atoms with E-state index in [0.717, 1.165) is 25.7 Å². The van der Waals surface area contributed by atoms with Gasteiger partial charge in [0.05, 0.1) is 0 Å². The molecule has 0 aromatic rings.